The number of nitrogens with two attached hydrogens (primary N) is 1. The van der Waals surface area contributed by atoms with E-state index in [0.29, 0.717) is 78.1 Å². The number of unbranched alkanes of at least 4 members (excludes halogenated alkanes) is 2. The van der Waals surface area contributed by atoms with Gasteiger partial charge in [-0.3, -0.25) is 19.6 Å². The molecule has 4 heterocycles. The van der Waals surface area contributed by atoms with E-state index in [4.69, 9.17) is 39.4 Å². The maximum absolute atomic E-state index is 13.7. The topological polar surface area (TPSA) is 138 Å². The monoisotopic (exact) mass is 767 g/mol. The fourth-order valence-electron chi connectivity index (χ4n) is 7.55. The molecule has 8 rings (SSSR count). The minimum absolute atomic E-state index is 0.132. The summed E-state index contributed by atoms with van der Waals surface area (Å²) in [6.07, 6.45) is 11.2. The van der Waals surface area contributed by atoms with E-state index in [1.54, 1.807) is 55.4 Å². The number of nitrogens with zero attached hydrogens (tertiary/aromatic N) is 4. The van der Waals surface area contributed by atoms with Gasteiger partial charge in [-0.2, -0.15) is 0 Å². The van der Waals surface area contributed by atoms with E-state index < -0.39 is 0 Å². The molecule has 4 aliphatic heterocycles. The van der Waals surface area contributed by atoms with Crippen LogP contribution in [0.2, 0.25) is 0 Å². The van der Waals surface area contributed by atoms with Crippen LogP contribution in [-0.2, 0) is 6.54 Å². The molecule has 4 aromatic rings. The Hall–Kier alpha value is -6.40. The van der Waals surface area contributed by atoms with Gasteiger partial charge in [0.25, 0.3) is 11.8 Å². The Balaban J connectivity index is 0.846. The lowest BCUT2D eigenvalue weighted by molar-refractivity contribution is 0.0809. The van der Waals surface area contributed by atoms with E-state index in [9.17, 15) is 9.59 Å². The number of benzene rings is 4. The van der Waals surface area contributed by atoms with Crippen LogP contribution >= 0.6 is 0 Å². The molecule has 0 radical (unpaired) electrons. The van der Waals surface area contributed by atoms with Gasteiger partial charge in [0.2, 0.25) is 0 Å². The number of rotatable bonds is 14. The minimum Gasteiger partial charge on any atom is -0.497 e. The second-order valence-corrected chi connectivity index (χ2v) is 14.3. The molecular weight excluding hydrogens is 723 g/mol. The van der Waals surface area contributed by atoms with Crippen molar-refractivity contribution in [1.29, 1.82) is 0 Å². The molecule has 0 fully saturated rings. The largest absolute Gasteiger partial charge is 0.497 e. The van der Waals surface area contributed by atoms with Gasteiger partial charge in [0.1, 0.15) is 5.75 Å². The third-order valence-corrected chi connectivity index (χ3v) is 10.8. The molecule has 2 N–H and O–H groups in total. The van der Waals surface area contributed by atoms with Crippen LogP contribution < -0.4 is 29.4 Å². The Kier molecular flexibility index (Phi) is 10.8. The zero-order chi connectivity index (χ0) is 39.5. The van der Waals surface area contributed by atoms with E-state index in [1.807, 2.05) is 73.4 Å². The average Bonchev–Trinajstić information content (AvgIpc) is 3.83. The van der Waals surface area contributed by atoms with Crippen molar-refractivity contribution in [2.24, 2.45) is 15.7 Å². The number of carbonyl (C=O) groups is 2. The average molecular weight is 768 g/mol. The summed E-state index contributed by atoms with van der Waals surface area (Å²) in [4.78, 5) is 40.4. The summed E-state index contributed by atoms with van der Waals surface area (Å²) in [5.74, 6) is 2.54. The minimum atomic E-state index is -0.184. The Bertz CT molecular complexity index is 2140. The van der Waals surface area contributed by atoms with Crippen LogP contribution in [0.4, 0.5) is 11.4 Å². The first kappa shape index (κ1) is 37.5. The van der Waals surface area contributed by atoms with Crippen LogP contribution in [0.25, 0.3) is 11.1 Å². The van der Waals surface area contributed by atoms with Crippen LogP contribution in [-0.4, -0.2) is 80.7 Å². The summed E-state index contributed by atoms with van der Waals surface area (Å²) in [7, 11) is 4.77. The summed E-state index contributed by atoms with van der Waals surface area (Å²) in [6, 6.07) is 22.6. The van der Waals surface area contributed by atoms with Gasteiger partial charge in [0, 0.05) is 56.3 Å². The molecule has 0 aromatic heterocycles. The maximum atomic E-state index is 13.7. The van der Waals surface area contributed by atoms with Gasteiger partial charge in [0.05, 0.1) is 69.1 Å². The molecule has 0 bridgehead atoms. The lowest BCUT2D eigenvalue weighted by Crippen LogP contribution is -2.32. The Morgan fingerprint density at radius 2 is 1.09 bits per heavy atom. The number of ether oxygens (including phenoxy) is 5. The summed E-state index contributed by atoms with van der Waals surface area (Å²) < 4.78 is 28.9. The predicted octanol–water partition coefficient (Wildman–Crippen LogP) is 7.74. The predicted molar refractivity (Wildman–Crippen MR) is 220 cm³/mol. The van der Waals surface area contributed by atoms with Crippen LogP contribution in [0, 0.1) is 0 Å². The summed E-state index contributed by atoms with van der Waals surface area (Å²) in [5.41, 5.74) is 13.1. The number of fused-ring (bicyclic) bond motifs is 4. The number of carbonyl (C=O) groups excluding carboxylic acids is 2. The van der Waals surface area contributed by atoms with E-state index in [0.717, 1.165) is 52.8 Å². The van der Waals surface area contributed by atoms with Crippen LogP contribution in [0.3, 0.4) is 0 Å². The first-order valence-electron chi connectivity index (χ1n) is 19.2. The standard InChI is InChI=1S/C45H45N5O7/c1-53-35-13-11-30(12-14-35)32-18-34-25-48-39-22-43(41(55-3)20-37(39)45(52)50(34)27-32)57-16-6-4-5-15-56-42-21-38-36(19-40(42)54-2)44(51)49-26-31(17-33(49)24-47-38)29-9-7-28(23-46)8-10-29/h7-14,19-22,24-27,33-34H,4-6,15-18,23,46H2,1-3H3. The van der Waals surface area contributed by atoms with Crippen LogP contribution in [0.15, 0.2) is 95.2 Å². The SMILES string of the molecule is COc1ccc(C2=CN3C(=O)c4cc(OC)c(OCCCCCOc5cc6c(cc5OC)C(=O)N5C=C(c7ccc(CN)cc7)CC5C=N6)cc4N=CC3C2)cc1. The molecule has 2 unspecified atom stereocenters. The zero-order valence-corrected chi connectivity index (χ0v) is 32.3. The van der Waals surface area contributed by atoms with Crippen molar-refractivity contribution in [2.45, 2.75) is 50.7 Å². The number of aliphatic imine (C=N–C) groups is 2. The zero-order valence-electron chi connectivity index (χ0n) is 32.3. The summed E-state index contributed by atoms with van der Waals surface area (Å²) in [6.45, 7) is 1.38. The summed E-state index contributed by atoms with van der Waals surface area (Å²) >= 11 is 0. The van der Waals surface area contributed by atoms with Gasteiger partial charge in [-0.1, -0.05) is 36.4 Å². The Morgan fingerprint density at radius 3 is 1.53 bits per heavy atom. The van der Waals surface area contributed by atoms with Crippen molar-refractivity contribution in [3.63, 3.8) is 0 Å². The molecule has 4 aromatic carbocycles. The third kappa shape index (κ3) is 7.60. The van der Waals surface area contributed by atoms with Gasteiger partial charge in [-0.25, -0.2) is 0 Å². The Morgan fingerprint density at radius 1 is 0.614 bits per heavy atom. The van der Waals surface area contributed by atoms with Crippen molar-refractivity contribution < 1.29 is 33.3 Å². The molecule has 12 heteroatoms. The molecule has 292 valence electrons. The summed E-state index contributed by atoms with van der Waals surface area (Å²) in [5, 5.41) is 0. The van der Waals surface area contributed by atoms with Gasteiger partial charge in [-0.15, -0.1) is 0 Å². The quantitative estimate of drug-likeness (QED) is 0.129. The lowest BCUT2D eigenvalue weighted by atomic mass is 10.0. The van der Waals surface area contributed by atoms with Gasteiger partial charge < -0.3 is 39.2 Å². The van der Waals surface area contributed by atoms with Gasteiger partial charge in [-0.05, 0) is 71.4 Å². The molecule has 0 saturated carbocycles. The number of hydrogen-bond acceptors (Lipinski definition) is 10. The highest BCUT2D eigenvalue weighted by molar-refractivity contribution is 6.06. The van der Waals surface area contributed by atoms with Crippen molar-refractivity contribution in [2.75, 3.05) is 34.5 Å². The van der Waals surface area contributed by atoms with E-state index in [-0.39, 0.29) is 23.9 Å². The highest BCUT2D eigenvalue weighted by Gasteiger charge is 2.35. The van der Waals surface area contributed by atoms with E-state index in [1.165, 1.54) is 0 Å². The highest BCUT2D eigenvalue weighted by Crippen LogP contribution is 2.42. The highest BCUT2D eigenvalue weighted by atomic mass is 16.5. The molecule has 0 aliphatic carbocycles. The van der Waals surface area contributed by atoms with Gasteiger partial charge in [0.15, 0.2) is 23.0 Å². The Labute approximate surface area is 331 Å². The van der Waals surface area contributed by atoms with Crippen molar-refractivity contribution >= 4 is 46.8 Å². The van der Waals surface area contributed by atoms with Crippen molar-refractivity contribution in [1.82, 2.24) is 9.80 Å². The van der Waals surface area contributed by atoms with Crippen LogP contribution in [0.5, 0.6) is 28.7 Å². The lowest BCUT2D eigenvalue weighted by Gasteiger charge is -2.19. The first-order valence-corrected chi connectivity index (χ1v) is 19.2. The van der Waals surface area contributed by atoms with Crippen LogP contribution in [0.1, 0.15) is 69.5 Å². The number of methoxy groups -OCH3 is 3. The molecule has 0 spiro atoms. The first-order chi connectivity index (χ1) is 27.9. The van der Waals surface area contributed by atoms with E-state index in [2.05, 4.69) is 0 Å². The second-order valence-electron chi connectivity index (χ2n) is 14.3. The third-order valence-electron chi connectivity index (χ3n) is 10.8. The van der Waals surface area contributed by atoms with Crippen molar-refractivity contribution in [3.05, 3.63) is 113 Å². The van der Waals surface area contributed by atoms with Gasteiger partial charge >= 0.3 is 0 Å². The maximum Gasteiger partial charge on any atom is 0.260 e. The molecule has 57 heavy (non-hydrogen) atoms. The molecule has 12 nitrogen and oxygen atoms in total. The van der Waals surface area contributed by atoms with E-state index >= 15 is 0 Å². The molecule has 2 amide bonds. The number of hydrogen-bond donors (Lipinski definition) is 1. The normalized spacial score (nSPS) is 17.8. The molecule has 2 atom stereocenters. The molecular formula is C45H45N5O7. The second kappa shape index (κ2) is 16.4. The number of amides is 2. The fourth-order valence-corrected chi connectivity index (χ4v) is 7.55. The van der Waals surface area contributed by atoms with Crippen molar-refractivity contribution in [3.8, 4) is 28.7 Å². The smallest absolute Gasteiger partial charge is 0.260 e. The molecule has 0 saturated heterocycles. The fraction of sp³-hybridized carbons (Fsp3) is 0.289. The molecule has 4 aliphatic rings.